The average molecular weight is 288 g/mol. The lowest BCUT2D eigenvalue weighted by Crippen LogP contribution is -2.41. The van der Waals surface area contributed by atoms with Crippen LogP contribution in [0.4, 0.5) is 0 Å². The molecule has 0 spiro atoms. The van der Waals surface area contributed by atoms with Crippen molar-refractivity contribution in [2.24, 2.45) is 5.92 Å². The van der Waals surface area contributed by atoms with Gasteiger partial charge in [0.1, 0.15) is 0 Å². The van der Waals surface area contributed by atoms with E-state index in [1.54, 1.807) is 0 Å². The van der Waals surface area contributed by atoms with E-state index in [0.29, 0.717) is 12.0 Å². The maximum absolute atomic E-state index is 3.68. The Kier molecular flexibility index (Phi) is 5.45. The summed E-state index contributed by atoms with van der Waals surface area (Å²) in [7, 11) is 0. The fourth-order valence-corrected chi connectivity index (χ4v) is 2.98. The standard InChI is InChI=1S/C19H32N2/c1-15(2)18-14-21(12-6-11-20-18)13-16-7-9-17(10-8-16)19(3,4)5/h7-10,15,18,20H,6,11-14H2,1-5H3. The molecule has 1 N–H and O–H groups in total. The molecule has 1 saturated heterocycles. The van der Waals surface area contributed by atoms with Crippen LogP contribution in [0.2, 0.25) is 0 Å². The van der Waals surface area contributed by atoms with Gasteiger partial charge in [-0.3, -0.25) is 4.90 Å². The average Bonchev–Trinajstić information content (AvgIpc) is 2.64. The van der Waals surface area contributed by atoms with Crippen LogP contribution >= 0.6 is 0 Å². The first-order valence-electron chi connectivity index (χ1n) is 8.41. The zero-order valence-corrected chi connectivity index (χ0v) is 14.4. The molecule has 0 radical (unpaired) electrons. The van der Waals surface area contributed by atoms with E-state index in [9.17, 15) is 0 Å². The summed E-state index contributed by atoms with van der Waals surface area (Å²) in [6.45, 7) is 16.1. The minimum absolute atomic E-state index is 0.244. The molecular formula is C19H32N2. The van der Waals surface area contributed by atoms with Crippen LogP contribution in [0.3, 0.4) is 0 Å². The minimum atomic E-state index is 0.244. The number of hydrogen-bond acceptors (Lipinski definition) is 2. The minimum Gasteiger partial charge on any atom is -0.312 e. The maximum Gasteiger partial charge on any atom is 0.0234 e. The van der Waals surface area contributed by atoms with Gasteiger partial charge in [0.25, 0.3) is 0 Å². The van der Waals surface area contributed by atoms with Crippen LogP contribution < -0.4 is 5.32 Å². The fraction of sp³-hybridized carbons (Fsp3) is 0.684. The van der Waals surface area contributed by atoms with Crippen LogP contribution in [0.25, 0.3) is 0 Å². The smallest absolute Gasteiger partial charge is 0.0234 e. The molecule has 0 bridgehead atoms. The van der Waals surface area contributed by atoms with Gasteiger partial charge in [-0.15, -0.1) is 0 Å². The highest BCUT2D eigenvalue weighted by molar-refractivity contribution is 5.27. The number of hydrogen-bond donors (Lipinski definition) is 1. The normalized spacial score (nSPS) is 21.5. The molecule has 2 rings (SSSR count). The van der Waals surface area contributed by atoms with Crippen molar-refractivity contribution in [1.29, 1.82) is 0 Å². The van der Waals surface area contributed by atoms with Gasteiger partial charge in [-0.25, -0.2) is 0 Å². The summed E-state index contributed by atoms with van der Waals surface area (Å²) in [6.07, 6.45) is 1.25. The van der Waals surface area contributed by atoms with Crippen LogP contribution in [0, 0.1) is 5.92 Å². The third kappa shape index (κ3) is 4.82. The van der Waals surface area contributed by atoms with Gasteiger partial charge in [-0.2, -0.15) is 0 Å². The Bertz CT molecular complexity index is 428. The van der Waals surface area contributed by atoms with Crippen LogP contribution in [-0.4, -0.2) is 30.6 Å². The Morgan fingerprint density at radius 2 is 1.86 bits per heavy atom. The lowest BCUT2D eigenvalue weighted by atomic mass is 9.87. The predicted octanol–water partition coefficient (Wildman–Crippen LogP) is 3.80. The van der Waals surface area contributed by atoms with Crippen molar-refractivity contribution < 1.29 is 0 Å². The lowest BCUT2D eigenvalue weighted by Gasteiger charge is -2.27. The zero-order chi connectivity index (χ0) is 15.5. The van der Waals surface area contributed by atoms with E-state index in [2.05, 4.69) is 69.1 Å². The van der Waals surface area contributed by atoms with Crippen molar-refractivity contribution in [1.82, 2.24) is 10.2 Å². The van der Waals surface area contributed by atoms with E-state index >= 15 is 0 Å². The van der Waals surface area contributed by atoms with E-state index in [-0.39, 0.29) is 5.41 Å². The SMILES string of the molecule is CC(C)C1CN(Cc2ccc(C(C)(C)C)cc2)CCCN1. The first kappa shape index (κ1) is 16.5. The molecule has 1 heterocycles. The van der Waals surface area contributed by atoms with Gasteiger partial charge in [-0.1, -0.05) is 58.9 Å². The molecule has 1 unspecified atom stereocenters. The number of nitrogens with one attached hydrogen (secondary N) is 1. The van der Waals surface area contributed by atoms with Crippen molar-refractivity contribution in [3.63, 3.8) is 0 Å². The largest absolute Gasteiger partial charge is 0.312 e. The molecule has 21 heavy (non-hydrogen) atoms. The van der Waals surface area contributed by atoms with Crippen LogP contribution in [0.5, 0.6) is 0 Å². The van der Waals surface area contributed by atoms with Crippen molar-refractivity contribution in [3.8, 4) is 0 Å². The molecule has 2 heteroatoms. The number of rotatable bonds is 3. The molecule has 1 fully saturated rings. The highest BCUT2D eigenvalue weighted by atomic mass is 15.2. The Balaban J connectivity index is 2.00. The Labute approximate surface area is 130 Å². The molecule has 1 aliphatic heterocycles. The Hall–Kier alpha value is -0.860. The molecule has 1 atom stereocenters. The van der Waals surface area contributed by atoms with Crippen molar-refractivity contribution >= 4 is 0 Å². The first-order chi connectivity index (χ1) is 9.86. The molecule has 118 valence electrons. The fourth-order valence-electron chi connectivity index (χ4n) is 2.98. The summed E-state index contributed by atoms with van der Waals surface area (Å²) in [4.78, 5) is 2.61. The molecule has 1 aromatic rings. The summed E-state index contributed by atoms with van der Waals surface area (Å²) >= 11 is 0. The number of benzene rings is 1. The third-order valence-corrected chi connectivity index (χ3v) is 4.54. The topological polar surface area (TPSA) is 15.3 Å². The third-order valence-electron chi connectivity index (χ3n) is 4.54. The van der Waals surface area contributed by atoms with E-state index in [1.807, 2.05) is 0 Å². The lowest BCUT2D eigenvalue weighted by molar-refractivity contribution is 0.238. The highest BCUT2D eigenvalue weighted by Crippen LogP contribution is 2.22. The predicted molar refractivity (Wildman–Crippen MR) is 91.7 cm³/mol. The van der Waals surface area contributed by atoms with Gasteiger partial charge in [0.15, 0.2) is 0 Å². The van der Waals surface area contributed by atoms with E-state index in [1.165, 1.54) is 30.6 Å². The number of nitrogens with zero attached hydrogens (tertiary/aromatic N) is 1. The van der Waals surface area contributed by atoms with Crippen LogP contribution in [0.15, 0.2) is 24.3 Å². The van der Waals surface area contributed by atoms with Crippen molar-refractivity contribution in [2.75, 3.05) is 19.6 Å². The molecule has 2 nitrogen and oxygen atoms in total. The van der Waals surface area contributed by atoms with Crippen molar-refractivity contribution in [3.05, 3.63) is 35.4 Å². The second kappa shape index (κ2) is 6.93. The van der Waals surface area contributed by atoms with Gasteiger partial charge in [0, 0.05) is 19.1 Å². The van der Waals surface area contributed by atoms with Gasteiger partial charge in [0.05, 0.1) is 0 Å². The van der Waals surface area contributed by atoms with E-state index in [4.69, 9.17) is 0 Å². The molecule has 1 aromatic carbocycles. The summed E-state index contributed by atoms with van der Waals surface area (Å²) in [5, 5.41) is 3.68. The summed E-state index contributed by atoms with van der Waals surface area (Å²) in [5.74, 6) is 0.703. The molecule has 0 amide bonds. The van der Waals surface area contributed by atoms with Crippen LogP contribution in [0.1, 0.15) is 52.2 Å². The molecule has 1 aliphatic rings. The second-order valence-corrected chi connectivity index (χ2v) is 7.84. The summed E-state index contributed by atoms with van der Waals surface area (Å²) < 4.78 is 0. The molecule has 0 aromatic heterocycles. The quantitative estimate of drug-likeness (QED) is 0.910. The molecular weight excluding hydrogens is 256 g/mol. The zero-order valence-electron chi connectivity index (χ0n) is 14.4. The summed E-state index contributed by atoms with van der Waals surface area (Å²) in [5.41, 5.74) is 3.10. The summed E-state index contributed by atoms with van der Waals surface area (Å²) in [6, 6.07) is 9.84. The van der Waals surface area contributed by atoms with E-state index in [0.717, 1.165) is 13.1 Å². The first-order valence-corrected chi connectivity index (χ1v) is 8.41. The molecule has 0 aliphatic carbocycles. The monoisotopic (exact) mass is 288 g/mol. The van der Waals surface area contributed by atoms with Crippen molar-refractivity contribution in [2.45, 2.75) is 59.0 Å². The Morgan fingerprint density at radius 3 is 2.43 bits per heavy atom. The van der Waals surface area contributed by atoms with Gasteiger partial charge in [-0.05, 0) is 42.0 Å². The Morgan fingerprint density at radius 1 is 1.19 bits per heavy atom. The van der Waals surface area contributed by atoms with Gasteiger partial charge in [0.2, 0.25) is 0 Å². The maximum atomic E-state index is 3.68. The van der Waals surface area contributed by atoms with Gasteiger partial charge < -0.3 is 5.32 Å². The molecule has 0 saturated carbocycles. The highest BCUT2D eigenvalue weighted by Gasteiger charge is 2.20. The van der Waals surface area contributed by atoms with E-state index < -0.39 is 0 Å². The second-order valence-electron chi connectivity index (χ2n) is 7.84. The van der Waals surface area contributed by atoms with Gasteiger partial charge >= 0.3 is 0 Å². The van der Waals surface area contributed by atoms with Crippen LogP contribution in [-0.2, 0) is 12.0 Å².